The largest absolute Gasteiger partial charge is 0.481 e. The Morgan fingerprint density at radius 3 is 1.61 bits per heavy atom. The first-order chi connectivity index (χ1) is 8.63. The van der Waals surface area contributed by atoms with Crippen LogP contribution >= 0.6 is 0 Å². The summed E-state index contributed by atoms with van der Waals surface area (Å²) in [5, 5.41) is 20.2. The molecule has 0 aromatic carbocycles. The van der Waals surface area contributed by atoms with Gasteiger partial charge in [-0.2, -0.15) is 0 Å². The first-order valence-electron chi connectivity index (χ1n) is 7.57. The molecule has 18 heavy (non-hydrogen) atoms. The predicted molar refractivity (Wildman–Crippen MR) is 70.4 cm³/mol. The zero-order valence-electron chi connectivity index (χ0n) is 11.2. The summed E-state index contributed by atoms with van der Waals surface area (Å²) in [4.78, 5) is 11.1. The molecule has 0 aromatic heterocycles. The highest BCUT2D eigenvalue weighted by Gasteiger charge is 2.45. The van der Waals surface area contributed by atoms with Crippen molar-refractivity contribution in [1.82, 2.24) is 0 Å². The molecule has 2 saturated carbocycles. The highest BCUT2D eigenvalue weighted by atomic mass is 16.4. The lowest BCUT2D eigenvalue weighted by Gasteiger charge is -2.44. The maximum atomic E-state index is 11.1. The summed E-state index contributed by atoms with van der Waals surface area (Å²) in [6.45, 7) is 0. The lowest BCUT2D eigenvalue weighted by atomic mass is 9.65. The van der Waals surface area contributed by atoms with Gasteiger partial charge in [0.05, 0.1) is 12.0 Å². The van der Waals surface area contributed by atoms with Crippen LogP contribution in [-0.2, 0) is 4.79 Å². The quantitative estimate of drug-likeness (QED) is 0.809. The number of carbonyl (C=O) groups is 1. The average molecular weight is 254 g/mol. The molecule has 2 aliphatic rings. The fourth-order valence-corrected chi connectivity index (χ4v) is 4.07. The number of hydrogen-bond acceptors (Lipinski definition) is 2. The Balaban J connectivity index is 2.11. The molecule has 0 atom stereocenters. The zero-order chi connectivity index (χ0) is 13.0. The van der Waals surface area contributed by atoms with Crippen molar-refractivity contribution in [1.29, 1.82) is 0 Å². The van der Waals surface area contributed by atoms with E-state index in [1.54, 1.807) is 0 Å². The van der Waals surface area contributed by atoms with Crippen molar-refractivity contribution >= 4 is 5.97 Å². The highest BCUT2D eigenvalue weighted by Crippen LogP contribution is 2.44. The fourth-order valence-electron chi connectivity index (χ4n) is 4.07. The summed E-state index contributed by atoms with van der Waals surface area (Å²) in [6.07, 6.45) is 11.1. The van der Waals surface area contributed by atoms with Crippen LogP contribution < -0.4 is 0 Å². The summed E-state index contributed by atoms with van der Waals surface area (Å²) in [5.41, 5.74) is -0.938. The van der Waals surface area contributed by atoms with Gasteiger partial charge in [-0.05, 0) is 37.5 Å². The summed E-state index contributed by atoms with van der Waals surface area (Å²) < 4.78 is 0. The number of carboxylic acids is 1. The molecule has 2 rings (SSSR count). The van der Waals surface area contributed by atoms with E-state index >= 15 is 0 Å². The van der Waals surface area contributed by atoms with Crippen molar-refractivity contribution in [3.8, 4) is 0 Å². The topological polar surface area (TPSA) is 57.5 Å². The SMILES string of the molecule is O=C(O)CC(O)(C1CCCCC1)C1CCCCC1. The number of aliphatic hydroxyl groups is 1. The van der Waals surface area contributed by atoms with Crippen molar-refractivity contribution in [2.75, 3.05) is 0 Å². The van der Waals surface area contributed by atoms with E-state index in [1.807, 2.05) is 0 Å². The molecule has 0 bridgehead atoms. The molecule has 104 valence electrons. The van der Waals surface area contributed by atoms with Gasteiger partial charge in [0.25, 0.3) is 0 Å². The van der Waals surface area contributed by atoms with Crippen LogP contribution in [0.15, 0.2) is 0 Å². The summed E-state index contributed by atoms with van der Waals surface area (Å²) >= 11 is 0. The van der Waals surface area contributed by atoms with Crippen molar-refractivity contribution < 1.29 is 15.0 Å². The lowest BCUT2D eigenvalue weighted by Crippen LogP contribution is -2.48. The Hall–Kier alpha value is -0.570. The number of carboxylic acid groups (broad SMARTS) is 1. The van der Waals surface area contributed by atoms with E-state index in [0.29, 0.717) is 0 Å². The Bertz CT molecular complexity index is 257. The van der Waals surface area contributed by atoms with Gasteiger partial charge in [0, 0.05) is 0 Å². The van der Waals surface area contributed by atoms with Crippen molar-refractivity contribution in [2.24, 2.45) is 11.8 Å². The third-order valence-corrected chi connectivity index (χ3v) is 5.06. The van der Waals surface area contributed by atoms with E-state index in [1.165, 1.54) is 12.8 Å². The second kappa shape index (κ2) is 6.05. The van der Waals surface area contributed by atoms with Gasteiger partial charge in [-0.15, -0.1) is 0 Å². The minimum atomic E-state index is -0.938. The first kappa shape index (κ1) is 13.9. The van der Waals surface area contributed by atoms with Gasteiger partial charge < -0.3 is 10.2 Å². The van der Waals surface area contributed by atoms with Gasteiger partial charge in [-0.25, -0.2) is 0 Å². The maximum absolute atomic E-state index is 11.1. The Kier molecular flexibility index (Phi) is 4.66. The second-order valence-electron chi connectivity index (χ2n) is 6.23. The van der Waals surface area contributed by atoms with Gasteiger partial charge in [0.15, 0.2) is 0 Å². The van der Waals surface area contributed by atoms with Crippen LogP contribution in [0.3, 0.4) is 0 Å². The van der Waals surface area contributed by atoms with Gasteiger partial charge in [-0.1, -0.05) is 38.5 Å². The summed E-state index contributed by atoms with van der Waals surface area (Å²) in [6, 6.07) is 0. The van der Waals surface area contributed by atoms with Crippen LogP contribution in [0.1, 0.15) is 70.6 Å². The normalized spacial score (nSPS) is 24.1. The van der Waals surface area contributed by atoms with Crippen LogP contribution in [0.2, 0.25) is 0 Å². The average Bonchev–Trinajstić information content (AvgIpc) is 2.40. The number of hydrogen-bond donors (Lipinski definition) is 2. The van der Waals surface area contributed by atoms with E-state index in [4.69, 9.17) is 5.11 Å². The minimum Gasteiger partial charge on any atom is -0.481 e. The van der Waals surface area contributed by atoms with Crippen molar-refractivity contribution in [3.63, 3.8) is 0 Å². The maximum Gasteiger partial charge on any atom is 0.306 e. The molecule has 0 aromatic rings. The molecule has 0 saturated heterocycles. The van der Waals surface area contributed by atoms with Gasteiger partial charge in [-0.3, -0.25) is 4.79 Å². The molecule has 0 heterocycles. The third-order valence-electron chi connectivity index (χ3n) is 5.06. The molecule has 3 nitrogen and oxygen atoms in total. The monoisotopic (exact) mass is 254 g/mol. The molecule has 0 radical (unpaired) electrons. The summed E-state index contributed by atoms with van der Waals surface area (Å²) in [5.74, 6) is -0.412. The van der Waals surface area contributed by atoms with Crippen LogP contribution in [0.4, 0.5) is 0 Å². The highest BCUT2D eigenvalue weighted by molar-refractivity contribution is 5.68. The lowest BCUT2D eigenvalue weighted by molar-refractivity contribution is -0.153. The van der Waals surface area contributed by atoms with Crippen LogP contribution in [0.25, 0.3) is 0 Å². The molecule has 2 N–H and O–H groups in total. The van der Waals surface area contributed by atoms with E-state index in [2.05, 4.69) is 0 Å². The Labute approximate surface area is 110 Å². The summed E-state index contributed by atoms with van der Waals surface area (Å²) in [7, 11) is 0. The van der Waals surface area contributed by atoms with E-state index in [-0.39, 0.29) is 18.3 Å². The molecular weight excluding hydrogens is 228 g/mol. The van der Waals surface area contributed by atoms with Crippen molar-refractivity contribution in [3.05, 3.63) is 0 Å². The molecule has 0 spiro atoms. The molecule has 0 aliphatic heterocycles. The van der Waals surface area contributed by atoms with E-state index in [0.717, 1.165) is 51.4 Å². The Morgan fingerprint density at radius 2 is 1.28 bits per heavy atom. The predicted octanol–water partition coefficient (Wildman–Crippen LogP) is 3.35. The van der Waals surface area contributed by atoms with E-state index < -0.39 is 11.6 Å². The molecule has 3 heteroatoms. The second-order valence-corrected chi connectivity index (χ2v) is 6.23. The molecule has 2 fully saturated rings. The first-order valence-corrected chi connectivity index (χ1v) is 7.57. The molecular formula is C15H26O3. The standard InChI is InChI=1S/C15H26O3/c16-14(17)11-15(18,12-7-3-1-4-8-12)13-9-5-2-6-10-13/h12-13,18H,1-11H2,(H,16,17). The van der Waals surface area contributed by atoms with Crippen molar-refractivity contribution in [2.45, 2.75) is 76.2 Å². The van der Waals surface area contributed by atoms with Crippen LogP contribution in [-0.4, -0.2) is 21.8 Å². The van der Waals surface area contributed by atoms with Gasteiger partial charge in [0.1, 0.15) is 0 Å². The van der Waals surface area contributed by atoms with E-state index in [9.17, 15) is 9.90 Å². The molecule has 2 aliphatic carbocycles. The Morgan fingerprint density at radius 1 is 0.889 bits per heavy atom. The molecule has 0 unspecified atom stereocenters. The molecule has 0 amide bonds. The van der Waals surface area contributed by atoms with Gasteiger partial charge >= 0.3 is 5.97 Å². The zero-order valence-corrected chi connectivity index (χ0v) is 11.2. The third kappa shape index (κ3) is 3.05. The van der Waals surface area contributed by atoms with Gasteiger partial charge in [0.2, 0.25) is 0 Å². The number of rotatable bonds is 4. The smallest absolute Gasteiger partial charge is 0.306 e. The number of aliphatic carboxylic acids is 1. The van der Waals surface area contributed by atoms with Crippen LogP contribution in [0.5, 0.6) is 0 Å². The fraction of sp³-hybridized carbons (Fsp3) is 0.933. The minimum absolute atomic E-state index is 0.0532. The van der Waals surface area contributed by atoms with Crippen LogP contribution in [0, 0.1) is 11.8 Å².